The Morgan fingerprint density at radius 3 is 2.74 bits per heavy atom. The Bertz CT molecular complexity index is 1460. The number of amides is 3. The van der Waals surface area contributed by atoms with E-state index in [4.69, 9.17) is 4.98 Å². The van der Waals surface area contributed by atoms with Crippen LogP contribution in [0.1, 0.15) is 18.4 Å². The summed E-state index contributed by atoms with van der Waals surface area (Å²) in [6.07, 6.45) is 6.12. The Labute approximate surface area is 194 Å². The van der Waals surface area contributed by atoms with Crippen LogP contribution < -0.4 is 15.4 Å². The number of hydrogen-bond acceptors (Lipinski definition) is 8. The molecule has 0 bridgehead atoms. The van der Waals surface area contributed by atoms with Gasteiger partial charge in [-0.15, -0.1) is 0 Å². The van der Waals surface area contributed by atoms with Crippen LogP contribution in [0, 0.1) is 0 Å². The van der Waals surface area contributed by atoms with Gasteiger partial charge in [0.2, 0.25) is 10.0 Å². The summed E-state index contributed by atoms with van der Waals surface area (Å²) in [7, 11) is -3.45. The first-order chi connectivity index (χ1) is 16.2. The Morgan fingerprint density at radius 2 is 2.06 bits per heavy atom. The number of imide groups is 1. The average molecular weight is 484 g/mol. The predicted octanol–water partition coefficient (Wildman–Crippen LogP) is 1.18. The number of nitrogens with zero attached hydrogens (tertiary/aromatic N) is 4. The van der Waals surface area contributed by atoms with Crippen molar-refractivity contribution in [2.24, 2.45) is 0 Å². The standard InChI is InChI=1S/C21H21N7O5S/c1-34(32,33)26-15-4-2-3-12(7-15)16-9-18(23-14-5-6-14)28-19(24-16)13(10-22-28)8-17-20(30)27(11-29)21(31)25-17/h2-4,7-10,14,23,26,29H,5-6,11H2,1H3,(H,25,31). The summed E-state index contributed by atoms with van der Waals surface area (Å²) in [5.74, 6) is 0.0336. The fraction of sp³-hybridized carbons (Fsp3) is 0.238. The van der Waals surface area contributed by atoms with Crippen LogP contribution in [-0.2, 0) is 14.8 Å². The van der Waals surface area contributed by atoms with E-state index < -0.39 is 28.7 Å². The molecule has 12 nitrogen and oxygen atoms in total. The third-order valence-electron chi connectivity index (χ3n) is 5.29. The number of carbonyl (C=O) groups excluding carboxylic acids is 2. The summed E-state index contributed by atoms with van der Waals surface area (Å²) < 4.78 is 27.4. The van der Waals surface area contributed by atoms with Crippen molar-refractivity contribution in [2.45, 2.75) is 18.9 Å². The molecule has 5 rings (SSSR count). The van der Waals surface area contributed by atoms with Crippen molar-refractivity contribution >= 4 is 45.2 Å². The van der Waals surface area contributed by atoms with Gasteiger partial charge in [-0.25, -0.2) is 23.1 Å². The zero-order valence-electron chi connectivity index (χ0n) is 18.0. The lowest BCUT2D eigenvalue weighted by Crippen LogP contribution is -2.31. The first-order valence-corrected chi connectivity index (χ1v) is 12.3. The smallest absolute Gasteiger partial charge is 0.330 e. The topological polar surface area (TPSA) is 158 Å². The first-order valence-electron chi connectivity index (χ1n) is 10.4. The second kappa shape index (κ2) is 8.11. The molecule has 1 aromatic carbocycles. The molecule has 0 unspecified atom stereocenters. The number of hydrogen-bond donors (Lipinski definition) is 4. The van der Waals surface area contributed by atoms with Crippen molar-refractivity contribution < 1.29 is 23.1 Å². The zero-order chi connectivity index (χ0) is 24.0. The van der Waals surface area contributed by atoms with Crippen molar-refractivity contribution in [2.75, 3.05) is 23.0 Å². The molecule has 1 aliphatic heterocycles. The van der Waals surface area contributed by atoms with E-state index in [2.05, 4.69) is 20.5 Å². The Kier molecular flexibility index (Phi) is 5.21. The second-order valence-corrected chi connectivity index (χ2v) is 9.85. The van der Waals surface area contributed by atoms with Gasteiger partial charge in [0.15, 0.2) is 5.65 Å². The summed E-state index contributed by atoms with van der Waals surface area (Å²) in [5, 5.41) is 19.5. The van der Waals surface area contributed by atoms with E-state index in [-0.39, 0.29) is 5.70 Å². The molecule has 2 fully saturated rings. The molecular weight excluding hydrogens is 462 g/mol. The van der Waals surface area contributed by atoms with Crippen LogP contribution in [0.2, 0.25) is 0 Å². The number of benzene rings is 1. The lowest BCUT2D eigenvalue weighted by Gasteiger charge is -2.11. The van der Waals surface area contributed by atoms with Gasteiger partial charge in [0.1, 0.15) is 18.2 Å². The highest BCUT2D eigenvalue weighted by Gasteiger charge is 2.33. The molecule has 3 amide bonds. The molecule has 1 saturated carbocycles. The van der Waals surface area contributed by atoms with E-state index >= 15 is 0 Å². The maximum Gasteiger partial charge on any atom is 0.330 e. The summed E-state index contributed by atoms with van der Waals surface area (Å²) in [5.41, 5.74) is 2.54. The summed E-state index contributed by atoms with van der Waals surface area (Å²) in [4.78, 5) is 29.6. The minimum Gasteiger partial charge on any atom is -0.376 e. The van der Waals surface area contributed by atoms with Gasteiger partial charge in [-0.1, -0.05) is 12.1 Å². The molecule has 2 aliphatic rings. The van der Waals surface area contributed by atoms with Crippen molar-refractivity contribution in [3.63, 3.8) is 0 Å². The van der Waals surface area contributed by atoms with Crippen LogP contribution >= 0.6 is 0 Å². The molecule has 1 saturated heterocycles. The van der Waals surface area contributed by atoms with E-state index in [0.717, 1.165) is 19.1 Å². The fourth-order valence-corrected chi connectivity index (χ4v) is 4.14. The van der Waals surface area contributed by atoms with Gasteiger partial charge in [-0.2, -0.15) is 9.61 Å². The van der Waals surface area contributed by atoms with Crippen molar-refractivity contribution in [1.82, 2.24) is 24.8 Å². The lowest BCUT2D eigenvalue weighted by molar-refractivity contribution is -0.125. The molecule has 4 N–H and O–H groups in total. The van der Waals surface area contributed by atoms with E-state index in [0.29, 0.717) is 44.9 Å². The highest BCUT2D eigenvalue weighted by atomic mass is 32.2. The third-order valence-corrected chi connectivity index (χ3v) is 5.90. The number of carbonyl (C=O) groups is 2. The number of urea groups is 1. The molecular formula is C21H21N7O5S. The van der Waals surface area contributed by atoms with Crippen LogP contribution in [0.4, 0.5) is 16.3 Å². The van der Waals surface area contributed by atoms with Crippen molar-refractivity contribution in [3.8, 4) is 11.3 Å². The molecule has 0 spiro atoms. The molecule has 0 radical (unpaired) electrons. The third kappa shape index (κ3) is 4.30. The lowest BCUT2D eigenvalue weighted by atomic mass is 10.1. The SMILES string of the molecule is CS(=O)(=O)Nc1cccc(-c2cc(NC3CC3)n3ncc(C=C4NC(=O)N(CO)C4=O)c3n2)c1. The maximum atomic E-state index is 12.4. The summed E-state index contributed by atoms with van der Waals surface area (Å²) in [6.45, 7) is -0.730. The molecule has 3 aromatic rings. The molecule has 1 aliphatic carbocycles. The number of rotatable bonds is 7. The maximum absolute atomic E-state index is 12.4. The molecule has 0 atom stereocenters. The van der Waals surface area contributed by atoms with Gasteiger partial charge in [-0.05, 0) is 31.1 Å². The van der Waals surface area contributed by atoms with E-state index in [1.807, 2.05) is 12.1 Å². The molecule has 34 heavy (non-hydrogen) atoms. The van der Waals surface area contributed by atoms with E-state index in [9.17, 15) is 23.1 Å². The Balaban J connectivity index is 1.60. The normalized spacial score (nSPS) is 17.5. The van der Waals surface area contributed by atoms with E-state index in [1.165, 1.54) is 12.3 Å². The Morgan fingerprint density at radius 1 is 1.26 bits per heavy atom. The van der Waals surface area contributed by atoms with Crippen LogP contribution in [0.3, 0.4) is 0 Å². The zero-order valence-corrected chi connectivity index (χ0v) is 18.8. The van der Waals surface area contributed by atoms with Gasteiger partial charge >= 0.3 is 6.03 Å². The minimum atomic E-state index is -3.45. The highest BCUT2D eigenvalue weighted by molar-refractivity contribution is 7.92. The number of nitrogens with one attached hydrogen (secondary N) is 3. The number of anilines is 2. The molecule has 3 heterocycles. The quantitative estimate of drug-likeness (QED) is 0.288. The van der Waals surface area contributed by atoms with Crippen LogP contribution in [0.5, 0.6) is 0 Å². The van der Waals surface area contributed by atoms with Gasteiger partial charge in [-0.3, -0.25) is 9.52 Å². The predicted molar refractivity (Wildman–Crippen MR) is 124 cm³/mol. The number of aromatic nitrogens is 3. The summed E-state index contributed by atoms with van der Waals surface area (Å²) in [6, 6.07) is 8.27. The fourth-order valence-electron chi connectivity index (χ4n) is 3.58. The van der Waals surface area contributed by atoms with Gasteiger partial charge in [0.25, 0.3) is 5.91 Å². The van der Waals surface area contributed by atoms with Gasteiger partial charge in [0.05, 0.1) is 18.1 Å². The average Bonchev–Trinajstić information content (AvgIpc) is 3.43. The van der Waals surface area contributed by atoms with Crippen molar-refractivity contribution in [1.29, 1.82) is 0 Å². The number of fused-ring (bicyclic) bond motifs is 1. The molecule has 2 aromatic heterocycles. The highest BCUT2D eigenvalue weighted by Crippen LogP contribution is 2.30. The first kappa shape index (κ1) is 21.9. The van der Waals surface area contributed by atoms with Gasteiger partial charge < -0.3 is 15.7 Å². The number of sulfonamides is 1. The molecule has 176 valence electrons. The largest absolute Gasteiger partial charge is 0.376 e. The van der Waals surface area contributed by atoms with Gasteiger partial charge in [0, 0.05) is 28.9 Å². The second-order valence-electron chi connectivity index (χ2n) is 8.10. The number of aliphatic hydroxyl groups excluding tert-OH is 1. The van der Waals surface area contributed by atoms with Crippen LogP contribution in [0.15, 0.2) is 42.2 Å². The number of aliphatic hydroxyl groups is 1. The molecule has 13 heteroatoms. The van der Waals surface area contributed by atoms with E-state index in [1.54, 1.807) is 22.7 Å². The minimum absolute atomic E-state index is 0.00259. The monoisotopic (exact) mass is 483 g/mol. The van der Waals surface area contributed by atoms with Crippen LogP contribution in [-0.4, -0.2) is 64.0 Å². The van der Waals surface area contributed by atoms with Crippen molar-refractivity contribution in [3.05, 3.63) is 47.8 Å². The Hall–Kier alpha value is -3.97. The summed E-state index contributed by atoms with van der Waals surface area (Å²) >= 11 is 0. The van der Waals surface area contributed by atoms with Crippen LogP contribution in [0.25, 0.3) is 23.0 Å².